The highest BCUT2D eigenvalue weighted by atomic mass is 35.5. The first-order valence-electron chi connectivity index (χ1n) is 7.27. The number of hydrogen-bond donors (Lipinski definition) is 1. The number of hydrogen-bond acceptors (Lipinski definition) is 5. The highest BCUT2D eigenvalue weighted by Crippen LogP contribution is 2.22. The monoisotopic (exact) mass is 347 g/mol. The van der Waals surface area contributed by atoms with Gasteiger partial charge >= 0.3 is 5.97 Å². The quantitative estimate of drug-likeness (QED) is 0.682. The smallest absolute Gasteiger partial charge is 0.337 e. The van der Waals surface area contributed by atoms with Gasteiger partial charge in [0.1, 0.15) is 17.3 Å². The van der Waals surface area contributed by atoms with E-state index in [1.54, 1.807) is 18.4 Å². The van der Waals surface area contributed by atoms with E-state index in [9.17, 15) is 4.79 Å². The number of carbonyl (C=O) groups is 1. The second kappa shape index (κ2) is 8.38. The minimum atomic E-state index is -0.348. The maximum Gasteiger partial charge on any atom is 0.337 e. The molecule has 0 amide bonds. The molecule has 0 aliphatic carbocycles. The van der Waals surface area contributed by atoms with Gasteiger partial charge in [-0.05, 0) is 36.4 Å². The molecule has 5 nitrogen and oxygen atoms in total. The van der Waals surface area contributed by atoms with Gasteiger partial charge in [-0.3, -0.25) is 0 Å². The number of nitrogens with one attached hydrogen (secondary N) is 1. The summed E-state index contributed by atoms with van der Waals surface area (Å²) in [6, 6.07) is 14.7. The molecule has 24 heavy (non-hydrogen) atoms. The van der Waals surface area contributed by atoms with E-state index in [2.05, 4.69) is 10.1 Å². The third-order valence-electron chi connectivity index (χ3n) is 3.43. The standard InChI is InChI=1S/C18H17NO4.ClH/c1-21-18(20)14-6-4-13(5-7-14)17-9-8-16(23-17)12-19-11-15-3-2-10-22-15;/h2-10,19H,11-12H2,1H3;1H. The number of ether oxygens (including phenoxy) is 1. The Hall–Kier alpha value is -2.50. The molecule has 0 spiro atoms. The number of esters is 1. The summed E-state index contributed by atoms with van der Waals surface area (Å²) in [5.74, 6) is 2.13. The lowest BCUT2D eigenvalue weighted by molar-refractivity contribution is 0.0600. The van der Waals surface area contributed by atoms with E-state index >= 15 is 0 Å². The van der Waals surface area contributed by atoms with Gasteiger partial charge in [0.25, 0.3) is 0 Å². The normalized spacial score (nSPS) is 10.2. The number of halogens is 1. The van der Waals surface area contributed by atoms with Gasteiger partial charge in [-0.25, -0.2) is 4.79 Å². The van der Waals surface area contributed by atoms with Crippen molar-refractivity contribution in [2.75, 3.05) is 7.11 Å². The predicted octanol–water partition coefficient (Wildman–Crippen LogP) is 4.04. The first-order chi connectivity index (χ1) is 11.3. The summed E-state index contributed by atoms with van der Waals surface area (Å²) in [4.78, 5) is 11.4. The molecule has 3 rings (SSSR count). The fraction of sp³-hybridized carbons (Fsp3) is 0.167. The van der Waals surface area contributed by atoms with Crippen LogP contribution >= 0.6 is 12.4 Å². The molecule has 126 valence electrons. The molecular weight excluding hydrogens is 330 g/mol. The lowest BCUT2D eigenvalue weighted by Crippen LogP contribution is -2.11. The van der Waals surface area contributed by atoms with Crippen LogP contribution in [0.2, 0.25) is 0 Å². The first kappa shape index (κ1) is 17.8. The van der Waals surface area contributed by atoms with Crippen molar-refractivity contribution in [1.29, 1.82) is 0 Å². The Kier molecular flexibility index (Phi) is 6.23. The highest BCUT2D eigenvalue weighted by Gasteiger charge is 2.08. The lowest BCUT2D eigenvalue weighted by Gasteiger charge is -2.02. The number of rotatable bonds is 6. The maximum atomic E-state index is 11.4. The molecule has 1 aromatic carbocycles. The Bertz CT molecular complexity index is 763. The van der Waals surface area contributed by atoms with Gasteiger partial charge in [-0.1, -0.05) is 12.1 Å². The van der Waals surface area contributed by atoms with Gasteiger partial charge in [-0.15, -0.1) is 12.4 Å². The number of methoxy groups -OCH3 is 1. The molecule has 0 saturated carbocycles. The van der Waals surface area contributed by atoms with Crippen molar-refractivity contribution in [2.45, 2.75) is 13.1 Å². The van der Waals surface area contributed by atoms with Crippen molar-refractivity contribution < 1.29 is 18.4 Å². The maximum absolute atomic E-state index is 11.4. The molecule has 0 bridgehead atoms. The summed E-state index contributed by atoms with van der Waals surface area (Å²) in [5.41, 5.74) is 1.43. The van der Waals surface area contributed by atoms with Crippen LogP contribution in [0.1, 0.15) is 21.9 Å². The minimum absolute atomic E-state index is 0. The van der Waals surface area contributed by atoms with E-state index in [0.29, 0.717) is 18.7 Å². The van der Waals surface area contributed by atoms with Gasteiger partial charge in [0.2, 0.25) is 0 Å². The van der Waals surface area contributed by atoms with Crippen molar-refractivity contribution in [3.63, 3.8) is 0 Å². The van der Waals surface area contributed by atoms with Crippen LogP contribution in [0.15, 0.2) is 63.6 Å². The van der Waals surface area contributed by atoms with Gasteiger partial charge in [-0.2, -0.15) is 0 Å². The molecule has 0 unspecified atom stereocenters. The second-order valence-corrected chi connectivity index (χ2v) is 5.02. The van der Waals surface area contributed by atoms with E-state index in [0.717, 1.165) is 22.8 Å². The van der Waals surface area contributed by atoms with E-state index < -0.39 is 0 Å². The zero-order valence-electron chi connectivity index (χ0n) is 13.2. The number of benzene rings is 1. The summed E-state index contributed by atoms with van der Waals surface area (Å²) < 4.78 is 15.7. The Labute approximate surface area is 146 Å². The Morgan fingerprint density at radius 2 is 1.79 bits per heavy atom. The third-order valence-corrected chi connectivity index (χ3v) is 3.43. The summed E-state index contributed by atoms with van der Waals surface area (Å²) in [6.07, 6.45) is 1.65. The topological polar surface area (TPSA) is 64.6 Å². The Morgan fingerprint density at radius 1 is 1.04 bits per heavy atom. The molecule has 0 saturated heterocycles. The molecule has 6 heteroatoms. The largest absolute Gasteiger partial charge is 0.468 e. The van der Waals surface area contributed by atoms with Crippen LogP contribution in [0.4, 0.5) is 0 Å². The summed E-state index contributed by atoms with van der Waals surface area (Å²) in [7, 11) is 1.37. The highest BCUT2D eigenvalue weighted by molar-refractivity contribution is 5.89. The lowest BCUT2D eigenvalue weighted by atomic mass is 10.1. The molecule has 1 N–H and O–H groups in total. The van der Waals surface area contributed by atoms with Gasteiger partial charge in [0.15, 0.2) is 0 Å². The Morgan fingerprint density at radius 3 is 2.46 bits per heavy atom. The molecule has 0 atom stereocenters. The van der Waals surface area contributed by atoms with E-state index in [1.807, 2.05) is 36.4 Å². The van der Waals surface area contributed by atoms with E-state index in [4.69, 9.17) is 8.83 Å². The molecule has 0 radical (unpaired) electrons. The molecule has 3 aromatic rings. The predicted molar refractivity (Wildman–Crippen MR) is 92.0 cm³/mol. The van der Waals surface area contributed by atoms with Crippen molar-refractivity contribution in [3.8, 4) is 11.3 Å². The fourth-order valence-corrected chi connectivity index (χ4v) is 2.24. The average Bonchev–Trinajstić information content (AvgIpc) is 3.26. The molecule has 0 aliphatic heterocycles. The zero-order valence-corrected chi connectivity index (χ0v) is 14.0. The second-order valence-electron chi connectivity index (χ2n) is 5.02. The van der Waals surface area contributed by atoms with Crippen LogP contribution in [0.5, 0.6) is 0 Å². The van der Waals surface area contributed by atoms with Crippen molar-refractivity contribution >= 4 is 18.4 Å². The summed E-state index contributed by atoms with van der Waals surface area (Å²) in [5, 5.41) is 3.25. The number of carbonyl (C=O) groups excluding carboxylic acids is 1. The van der Waals surface area contributed by atoms with Crippen LogP contribution < -0.4 is 5.32 Å². The third kappa shape index (κ3) is 4.28. The van der Waals surface area contributed by atoms with Gasteiger partial charge < -0.3 is 18.9 Å². The SMILES string of the molecule is COC(=O)c1ccc(-c2ccc(CNCc3ccco3)o2)cc1.Cl. The summed E-state index contributed by atoms with van der Waals surface area (Å²) >= 11 is 0. The van der Waals surface area contributed by atoms with Gasteiger partial charge in [0, 0.05) is 5.56 Å². The first-order valence-corrected chi connectivity index (χ1v) is 7.27. The van der Waals surface area contributed by atoms with Crippen LogP contribution in [0.25, 0.3) is 11.3 Å². The van der Waals surface area contributed by atoms with E-state index in [-0.39, 0.29) is 18.4 Å². The summed E-state index contributed by atoms with van der Waals surface area (Å²) in [6.45, 7) is 1.26. The fourth-order valence-electron chi connectivity index (χ4n) is 2.24. The van der Waals surface area contributed by atoms with Crippen LogP contribution in [0.3, 0.4) is 0 Å². The van der Waals surface area contributed by atoms with Crippen molar-refractivity contribution in [3.05, 3.63) is 71.9 Å². The van der Waals surface area contributed by atoms with Crippen LogP contribution in [-0.4, -0.2) is 13.1 Å². The molecule has 2 aromatic heterocycles. The van der Waals surface area contributed by atoms with E-state index in [1.165, 1.54) is 7.11 Å². The van der Waals surface area contributed by atoms with Crippen molar-refractivity contribution in [2.24, 2.45) is 0 Å². The van der Waals surface area contributed by atoms with Crippen molar-refractivity contribution in [1.82, 2.24) is 5.32 Å². The van der Waals surface area contributed by atoms with Gasteiger partial charge in [0.05, 0.1) is 32.0 Å². The molecule has 0 aliphatic rings. The molecule has 2 heterocycles. The van der Waals surface area contributed by atoms with Crippen LogP contribution in [0, 0.1) is 0 Å². The Balaban J connectivity index is 0.00000208. The minimum Gasteiger partial charge on any atom is -0.468 e. The number of furan rings is 2. The van der Waals surface area contributed by atoms with Crippen LogP contribution in [-0.2, 0) is 17.8 Å². The molecule has 0 fully saturated rings. The average molecular weight is 348 g/mol. The zero-order chi connectivity index (χ0) is 16.1. The molecular formula is C18H18ClNO4.